The van der Waals surface area contributed by atoms with Crippen molar-refractivity contribution in [2.75, 3.05) is 27.2 Å². The Bertz CT molecular complexity index is 1290. The standard InChI is InChI=1S/C31H34N2O4/c1-21-9-11-24(12-10-21)28-27(30(35)31(36)33(28)18-6-17-32(3)4)29(34)25-13-15-26(16-14-25)37-20-23-8-5-7-22(2)19-23/h5,7-16,19,28,34H,6,17-18,20H2,1-4H3/t28-/m0/s1. The highest BCUT2D eigenvalue weighted by molar-refractivity contribution is 6.46. The summed E-state index contributed by atoms with van der Waals surface area (Å²) < 4.78 is 5.90. The summed E-state index contributed by atoms with van der Waals surface area (Å²) in [4.78, 5) is 29.9. The van der Waals surface area contributed by atoms with E-state index in [1.807, 2.05) is 75.3 Å². The number of Topliss-reactive ketones (excluding diaryl/α,β-unsaturated/α-hetero) is 1. The molecule has 0 saturated carbocycles. The molecule has 1 amide bonds. The highest BCUT2D eigenvalue weighted by Crippen LogP contribution is 2.39. The van der Waals surface area contributed by atoms with E-state index in [-0.39, 0.29) is 11.3 Å². The van der Waals surface area contributed by atoms with Gasteiger partial charge in [0.15, 0.2) is 0 Å². The van der Waals surface area contributed by atoms with Gasteiger partial charge in [-0.15, -0.1) is 0 Å². The van der Waals surface area contributed by atoms with Crippen LogP contribution < -0.4 is 4.74 Å². The molecule has 37 heavy (non-hydrogen) atoms. The molecular weight excluding hydrogens is 464 g/mol. The zero-order valence-corrected chi connectivity index (χ0v) is 21.9. The van der Waals surface area contributed by atoms with Crippen molar-refractivity contribution in [2.24, 2.45) is 0 Å². The van der Waals surface area contributed by atoms with Crippen LogP contribution in [0.25, 0.3) is 5.76 Å². The van der Waals surface area contributed by atoms with Crippen LogP contribution in [0.1, 0.15) is 40.3 Å². The monoisotopic (exact) mass is 498 g/mol. The lowest BCUT2D eigenvalue weighted by Crippen LogP contribution is -2.32. The SMILES string of the molecule is Cc1ccc([C@H]2C(=C(O)c3ccc(OCc4cccc(C)c4)cc3)C(=O)C(=O)N2CCCN(C)C)cc1. The second-order valence-corrected chi connectivity index (χ2v) is 9.86. The number of aliphatic hydroxyl groups excluding tert-OH is 1. The molecule has 1 atom stereocenters. The smallest absolute Gasteiger partial charge is 0.295 e. The first-order chi connectivity index (χ1) is 17.7. The minimum atomic E-state index is -0.660. The summed E-state index contributed by atoms with van der Waals surface area (Å²) in [7, 11) is 3.94. The lowest BCUT2D eigenvalue weighted by Gasteiger charge is -2.26. The van der Waals surface area contributed by atoms with Crippen LogP contribution in [0.5, 0.6) is 5.75 Å². The van der Waals surface area contributed by atoms with Gasteiger partial charge in [-0.3, -0.25) is 9.59 Å². The summed E-state index contributed by atoms with van der Waals surface area (Å²) in [6.07, 6.45) is 0.718. The van der Waals surface area contributed by atoms with Crippen LogP contribution in [0.2, 0.25) is 0 Å². The summed E-state index contributed by atoms with van der Waals surface area (Å²) in [5, 5.41) is 11.3. The third-order valence-corrected chi connectivity index (χ3v) is 6.55. The minimum Gasteiger partial charge on any atom is -0.507 e. The zero-order valence-electron chi connectivity index (χ0n) is 21.9. The summed E-state index contributed by atoms with van der Waals surface area (Å²) in [5.41, 5.74) is 4.70. The predicted octanol–water partition coefficient (Wildman–Crippen LogP) is 5.26. The molecule has 0 unspecified atom stereocenters. The van der Waals surface area contributed by atoms with Gasteiger partial charge in [0.1, 0.15) is 18.1 Å². The third-order valence-electron chi connectivity index (χ3n) is 6.55. The number of hydrogen-bond donors (Lipinski definition) is 1. The molecule has 0 spiro atoms. The van der Waals surface area contributed by atoms with Gasteiger partial charge in [0.2, 0.25) is 0 Å². The molecule has 1 heterocycles. The number of hydrogen-bond acceptors (Lipinski definition) is 5. The number of carbonyl (C=O) groups is 2. The first kappa shape index (κ1) is 26.2. The van der Waals surface area contributed by atoms with Crippen molar-refractivity contribution in [1.29, 1.82) is 0 Å². The molecule has 0 aliphatic carbocycles. The Hall–Kier alpha value is -3.90. The van der Waals surface area contributed by atoms with Gasteiger partial charge in [-0.2, -0.15) is 0 Å². The fourth-order valence-electron chi connectivity index (χ4n) is 4.60. The van der Waals surface area contributed by atoms with Crippen molar-refractivity contribution < 1.29 is 19.4 Å². The molecule has 1 fully saturated rings. The molecule has 0 radical (unpaired) electrons. The molecule has 0 bridgehead atoms. The normalized spacial score (nSPS) is 17.0. The molecule has 4 rings (SSSR count). The number of nitrogens with zero attached hydrogens (tertiary/aromatic N) is 2. The number of ether oxygens (including phenoxy) is 1. The van der Waals surface area contributed by atoms with Crippen LogP contribution >= 0.6 is 0 Å². The summed E-state index contributed by atoms with van der Waals surface area (Å²) in [6, 6.07) is 22.2. The number of aliphatic hydroxyl groups is 1. The van der Waals surface area contributed by atoms with Crippen molar-refractivity contribution in [1.82, 2.24) is 9.80 Å². The Morgan fingerprint density at radius 2 is 1.65 bits per heavy atom. The molecule has 1 saturated heterocycles. The molecule has 1 N–H and O–H groups in total. The van der Waals surface area contributed by atoms with Gasteiger partial charge in [0.05, 0.1) is 11.6 Å². The Labute approximate surface area is 218 Å². The van der Waals surface area contributed by atoms with Gasteiger partial charge in [0, 0.05) is 12.1 Å². The van der Waals surface area contributed by atoms with Gasteiger partial charge in [0.25, 0.3) is 11.7 Å². The fraction of sp³-hybridized carbons (Fsp3) is 0.290. The molecule has 6 nitrogen and oxygen atoms in total. The Morgan fingerprint density at radius 3 is 2.30 bits per heavy atom. The zero-order chi connectivity index (χ0) is 26.5. The average molecular weight is 499 g/mol. The van der Waals surface area contributed by atoms with Crippen molar-refractivity contribution in [3.8, 4) is 5.75 Å². The van der Waals surface area contributed by atoms with E-state index in [2.05, 4.69) is 6.07 Å². The van der Waals surface area contributed by atoms with Gasteiger partial charge >= 0.3 is 0 Å². The highest BCUT2D eigenvalue weighted by atomic mass is 16.5. The molecule has 1 aliphatic rings. The molecule has 6 heteroatoms. The van der Waals surface area contributed by atoms with E-state index in [4.69, 9.17) is 4.74 Å². The summed E-state index contributed by atoms with van der Waals surface area (Å²) in [6.45, 7) is 5.66. The van der Waals surface area contributed by atoms with E-state index in [1.165, 1.54) is 5.56 Å². The average Bonchev–Trinajstić information content (AvgIpc) is 3.13. The molecule has 192 valence electrons. The van der Waals surface area contributed by atoms with Gasteiger partial charge in [-0.05, 0) is 76.3 Å². The van der Waals surface area contributed by atoms with Crippen LogP contribution in [0, 0.1) is 13.8 Å². The third kappa shape index (κ3) is 6.09. The van der Waals surface area contributed by atoms with E-state index in [9.17, 15) is 14.7 Å². The number of carbonyl (C=O) groups excluding carboxylic acids is 2. The predicted molar refractivity (Wildman–Crippen MR) is 145 cm³/mol. The van der Waals surface area contributed by atoms with Crippen LogP contribution in [0.4, 0.5) is 0 Å². The molecule has 0 aromatic heterocycles. The summed E-state index contributed by atoms with van der Waals surface area (Å²) in [5.74, 6) is -0.766. The van der Waals surface area contributed by atoms with Gasteiger partial charge in [-0.25, -0.2) is 0 Å². The van der Waals surface area contributed by atoms with E-state index >= 15 is 0 Å². The molecule has 1 aliphatic heterocycles. The van der Waals surface area contributed by atoms with Crippen molar-refractivity contribution >= 4 is 17.4 Å². The van der Waals surface area contributed by atoms with E-state index in [0.29, 0.717) is 24.5 Å². The fourth-order valence-corrected chi connectivity index (χ4v) is 4.60. The quantitative estimate of drug-likeness (QED) is 0.248. The lowest BCUT2D eigenvalue weighted by molar-refractivity contribution is -0.139. The van der Waals surface area contributed by atoms with Crippen molar-refractivity contribution in [3.63, 3.8) is 0 Å². The topological polar surface area (TPSA) is 70.1 Å². The summed E-state index contributed by atoms with van der Waals surface area (Å²) >= 11 is 0. The molecule has 3 aromatic carbocycles. The highest BCUT2D eigenvalue weighted by Gasteiger charge is 2.45. The Balaban J connectivity index is 1.62. The van der Waals surface area contributed by atoms with Crippen LogP contribution in [-0.4, -0.2) is 53.8 Å². The number of aryl methyl sites for hydroxylation is 2. The maximum atomic E-state index is 13.2. The Kier molecular flexibility index (Phi) is 8.09. The number of benzene rings is 3. The van der Waals surface area contributed by atoms with Crippen LogP contribution in [0.3, 0.4) is 0 Å². The first-order valence-corrected chi connectivity index (χ1v) is 12.5. The van der Waals surface area contributed by atoms with Crippen LogP contribution in [-0.2, 0) is 16.2 Å². The molecular formula is C31H34N2O4. The van der Waals surface area contributed by atoms with Gasteiger partial charge < -0.3 is 19.6 Å². The number of rotatable bonds is 9. The largest absolute Gasteiger partial charge is 0.507 e. The van der Waals surface area contributed by atoms with Crippen molar-refractivity contribution in [3.05, 3.63) is 106 Å². The Morgan fingerprint density at radius 1 is 0.946 bits per heavy atom. The van der Waals surface area contributed by atoms with Crippen molar-refractivity contribution in [2.45, 2.75) is 32.9 Å². The van der Waals surface area contributed by atoms with Gasteiger partial charge in [-0.1, -0.05) is 59.7 Å². The number of amides is 1. The van der Waals surface area contributed by atoms with Crippen LogP contribution in [0.15, 0.2) is 78.4 Å². The second-order valence-electron chi connectivity index (χ2n) is 9.86. The molecule has 3 aromatic rings. The lowest BCUT2D eigenvalue weighted by atomic mass is 9.94. The number of likely N-dealkylation sites (tertiary alicyclic amines) is 1. The maximum absolute atomic E-state index is 13.2. The first-order valence-electron chi connectivity index (χ1n) is 12.5. The second kappa shape index (κ2) is 11.4. The minimum absolute atomic E-state index is 0.118. The number of ketones is 1. The van der Waals surface area contributed by atoms with E-state index in [1.54, 1.807) is 29.2 Å². The maximum Gasteiger partial charge on any atom is 0.295 e. The van der Waals surface area contributed by atoms with E-state index < -0.39 is 17.7 Å². The van der Waals surface area contributed by atoms with E-state index in [0.717, 1.165) is 29.7 Å².